The van der Waals surface area contributed by atoms with E-state index in [2.05, 4.69) is 25.6 Å². The van der Waals surface area contributed by atoms with E-state index in [1.54, 1.807) is 6.33 Å². The minimum Gasteiger partial charge on any atom is -0.348 e. The van der Waals surface area contributed by atoms with Gasteiger partial charge in [0, 0.05) is 30.7 Å². The molecule has 2 heterocycles. The van der Waals surface area contributed by atoms with E-state index in [0.29, 0.717) is 11.5 Å². The number of fused-ring (bicyclic) bond motifs is 1. The zero-order valence-electron chi connectivity index (χ0n) is 17.3. The Morgan fingerprint density at radius 3 is 2.72 bits per heavy atom. The summed E-state index contributed by atoms with van der Waals surface area (Å²) in [6, 6.07) is 14.3. The van der Waals surface area contributed by atoms with E-state index in [-0.39, 0.29) is 30.3 Å². The van der Waals surface area contributed by atoms with Gasteiger partial charge >= 0.3 is 0 Å². The Kier molecular flexibility index (Phi) is 5.33. The van der Waals surface area contributed by atoms with Crippen LogP contribution in [0.15, 0.2) is 73.6 Å². The fourth-order valence-electron chi connectivity index (χ4n) is 4.03. The van der Waals surface area contributed by atoms with E-state index in [0.717, 1.165) is 29.2 Å². The van der Waals surface area contributed by atoms with Crippen LogP contribution in [0.4, 0.5) is 5.82 Å². The van der Waals surface area contributed by atoms with E-state index in [4.69, 9.17) is 0 Å². The van der Waals surface area contributed by atoms with Gasteiger partial charge in [0.1, 0.15) is 5.69 Å². The Morgan fingerprint density at radius 1 is 1.03 bits per heavy atom. The zero-order valence-corrected chi connectivity index (χ0v) is 17.3. The molecule has 5 rings (SSSR count). The molecule has 1 fully saturated rings. The highest BCUT2D eigenvalue weighted by atomic mass is 16.2. The number of nitrogens with one attached hydrogen (secondary N) is 2. The molecular formula is C24H22N6O2. The van der Waals surface area contributed by atoms with Crippen molar-refractivity contribution in [3.05, 3.63) is 84.8 Å². The minimum atomic E-state index is -0.214. The molecule has 8 nitrogen and oxygen atoms in total. The summed E-state index contributed by atoms with van der Waals surface area (Å²) in [4.78, 5) is 37.0. The Hall–Kier alpha value is -4.07. The van der Waals surface area contributed by atoms with E-state index >= 15 is 0 Å². The molecule has 2 aromatic heterocycles. The van der Waals surface area contributed by atoms with Gasteiger partial charge in [-0.05, 0) is 29.2 Å². The number of rotatable bonds is 6. The van der Waals surface area contributed by atoms with Crippen LogP contribution in [0, 0.1) is 0 Å². The fraction of sp³-hybridized carbons (Fsp3) is 0.208. The third-order valence-electron chi connectivity index (χ3n) is 5.77. The summed E-state index contributed by atoms with van der Waals surface area (Å²) < 4.78 is 1.98. The third-order valence-corrected chi connectivity index (χ3v) is 5.77. The van der Waals surface area contributed by atoms with Gasteiger partial charge in [-0.1, -0.05) is 42.5 Å². The number of imidazole rings is 1. The molecule has 0 saturated heterocycles. The molecule has 8 heteroatoms. The maximum atomic E-state index is 12.6. The summed E-state index contributed by atoms with van der Waals surface area (Å²) >= 11 is 0. The Morgan fingerprint density at radius 2 is 1.88 bits per heavy atom. The molecule has 32 heavy (non-hydrogen) atoms. The molecule has 0 bridgehead atoms. The Balaban J connectivity index is 1.15. The maximum Gasteiger partial charge on any atom is 0.271 e. The standard InChI is InChI=1S/C24H22N6O2/c31-23(10-17-6-3-5-16-4-1-2-7-20(16)17)29-22-14-30(15-27-22)19-11-18(12-19)28-24(32)21-13-25-8-9-26-21/h1-9,13-15,18-19H,10-12H2,(H,28,32)(H,29,31). The molecule has 160 valence electrons. The second-order valence-electron chi connectivity index (χ2n) is 7.96. The van der Waals surface area contributed by atoms with Crippen molar-refractivity contribution < 1.29 is 9.59 Å². The molecule has 0 atom stereocenters. The van der Waals surface area contributed by atoms with E-state index in [1.165, 1.54) is 18.6 Å². The summed E-state index contributed by atoms with van der Waals surface area (Å²) in [5.74, 6) is 0.213. The van der Waals surface area contributed by atoms with Gasteiger partial charge < -0.3 is 15.2 Å². The smallest absolute Gasteiger partial charge is 0.271 e. The second kappa shape index (κ2) is 8.58. The van der Waals surface area contributed by atoms with E-state index in [1.807, 2.05) is 53.2 Å². The van der Waals surface area contributed by atoms with Gasteiger partial charge in [-0.15, -0.1) is 0 Å². The molecule has 0 radical (unpaired) electrons. The van der Waals surface area contributed by atoms with Crippen LogP contribution in [0.25, 0.3) is 10.8 Å². The molecule has 1 saturated carbocycles. The van der Waals surface area contributed by atoms with Gasteiger partial charge in [0.15, 0.2) is 5.82 Å². The van der Waals surface area contributed by atoms with Gasteiger partial charge in [-0.25, -0.2) is 9.97 Å². The molecule has 0 spiro atoms. The SMILES string of the molecule is O=C(Cc1cccc2ccccc12)Nc1cn(C2CC(NC(=O)c3cnccn3)C2)cn1. The first kappa shape index (κ1) is 19.9. The van der Waals surface area contributed by atoms with Crippen molar-refractivity contribution in [2.75, 3.05) is 5.32 Å². The van der Waals surface area contributed by atoms with Crippen LogP contribution in [0.1, 0.15) is 34.9 Å². The Labute approximate surface area is 184 Å². The lowest BCUT2D eigenvalue weighted by atomic mass is 9.86. The lowest BCUT2D eigenvalue weighted by molar-refractivity contribution is -0.115. The number of benzene rings is 2. The number of hydrogen-bond donors (Lipinski definition) is 2. The first-order chi connectivity index (χ1) is 15.7. The van der Waals surface area contributed by atoms with Crippen molar-refractivity contribution in [2.24, 2.45) is 0 Å². The van der Waals surface area contributed by atoms with Crippen molar-refractivity contribution in [3.63, 3.8) is 0 Å². The molecule has 0 unspecified atom stereocenters. The molecule has 2 N–H and O–H groups in total. The van der Waals surface area contributed by atoms with Crippen LogP contribution < -0.4 is 10.6 Å². The van der Waals surface area contributed by atoms with Gasteiger partial charge in [0.2, 0.25) is 5.91 Å². The predicted octanol–water partition coefficient (Wildman–Crippen LogP) is 3.14. The number of amides is 2. The van der Waals surface area contributed by atoms with Crippen molar-refractivity contribution in [1.29, 1.82) is 0 Å². The first-order valence-electron chi connectivity index (χ1n) is 10.5. The normalized spacial score (nSPS) is 17.5. The molecular weight excluding hydrogens is 404 g/mol. The van der Waals surface area contributed by atoms with E-state index < -0.39 is 0 Å². The molecule has 4 aromatic rings. The number of anilines is 1. The van der Waals surface area contributed by atoms with Crippen LogP contribution >= 0.6 is 0 Å². The first-order valence-corrected chi connectivity index (χ1v) is 10.5. The van der Waals surface area contributed by atoms with Crippen LogP contribution in [-0.4, -0.2) is 37.4 Å². The van der Waals surface area contributed by atoms with E-state index in [9.17, 15) is 9.59 Å². The molecule has 2 amide bonds. The van der Waals surface area contributed by atoms with Gasteiger partial charge in [-0.3, -0.25) is 14.6 Å². The predicted molar refractivity (Wildman–Crippen MR) is 120 cm³/mol. The lowest BCUT2D eigenvalue weighted by Crippen LogP contribution is -2.45. The van der Waals surface area contributed by atoms with Gasteiger partial charge in [0.05, 0.1) is 18.9 Å². The van der Waals surface area contributed by atoms with Crippen molar-refractivity contribution in [2.45, 2.75) is 31.3 Å². The largest absolute Gasteiger partial charge is 0.348 e. The van der Waals surface area contributed by atoms with Crippen molar-refractivity contribution in [1.82, 2.24) is 24.8 Å². The summed E-state index contributed by atoms with van der Waals surface area (Å²) in [5, 5.41) is 8.06. The Bertz CT molecular complexity index is 1260. The van der Waals surface area contributed by atoms with Crippen LogP contribution in [-0.2, 0) is 11.2 Å². The fourth-order valence-corrected chi connectivity index (χ4v) is 4.03. The quantitative estimate of drug-likeness (QED) is 0.493. The summed E-state index contributed by atoms with van der Waals surface area (Å²) in [5.41, 5.74) is 1.30. The molecule has 0 aliphatic heterocycles. The van der Waals surface area contributed by atoms with Crippen molar-refractivity contribution in [3.8, 4) is 0 Å². The number of carbonyl (C=O) groups is 2. The average molecular weight is 426 g/mol. The number of hydrogen-bond acceptors (Lipinski definition) is 5. The second-order valence-corrected chi connectivity index (χ2v) is 7.96. The molecule has 1 aliphatic rings. The molecule has 2 aromatic carbocycles. The highest BCUT2D eigenvalue weighted by Crippen LogP contribution is 2.33. The average Bonchev–Trinajstić information content (AvgIpc) is 3.24. The number of carbonyl (C=O) groups excluding carboxylic acids is 2. The van der Waals surface area contributed by atoms with Crippen LogP contribution in [0.5, 0.6) is 0 Å². The third kappa shape index (κ3) is 4.20. The van der Waals surface area contributed by atoms with Crippen LogP contribution in [0.2, 0.25) is 0 Å². The summed E-state index contributed by atoms with van der Waals surface area (Å²) in [6.45, 7) is 0. The highest BCUT2D eigenvalue weighted by Gasteiger charge is 2.32. The van der Waals surface area contributed by atoms with Gasteiger partial charge in [0.25, 0.3) is 5.91 Å². The topological polar surface area (TPSA) is 102 Å². The minimum absolute atomic E-state index is 0.0845. The lowest BCUT2D eigenvalue weighted by Gasteiger charge is -2.36. The maximum absolute atomic E-state index is 12.6. The molecule has 1 aliphatic carbocycles. The monoisotopic (exact) mass is 426 g/mol. The van der Waals surface area contributed by atoms with Crippen molar-refractivity contribution >= 4 is 28.4 Å². The van der Waals surface area contributed by atoms with Gasteiger partial charge in [-0.2, -0.15) is 0 Å². The summed E-state index contributed by atoms with van der Waals surface area (Å²) in [6.07, 6.45) is 9.93. The number of aromatic nitrogens is 4. The van der Waals surface area contributed by atoms with Crippen LogP contribution in [0.3, 0.4) is 0 Å². The highest BCUT2D eigenvalue weighted by molar-refractivity contribution is 5.95. The zero-order chi connectivity index (χ0) is 21.9. The summed E-state index contributed by atoms with van der Waals surface area (Å²) in [7, 11) is 0. The number of nitrogens with zero attached hydrogens (tertiary/aromatic N) is 4.